The minimum absolute atomic E-state index is 0.00625. The maximum atomic E-state index is 13.7. The van der Waals surface area contributed by atoms with Crippen molar-refractivity contribution in [2.24, 2.45) is 0 Å². The topological polar surface area (TPSA) is 62.1 Å². The molecule has 0 radical (unpaired) electrons. The average Bonchev–Trinajstić information content (AvgIpc) is 2.75. The molecule has 150 valence electrons. The molecule has 0 aliphatic carbocycles. The van der Waals surface area contributed by atoms with E-state index < -0.39 is 5.91 Å². The molecule has 3 rings (SSSR count). The van der Waals surface area contributed by atoms with Crippen molar-refractivity contribution in [3.63, 3.8) is 0 Å². The van der Waals surface area contributed by atoms with Crippen LogP contribution in [0.5, 0.6) is 5.75 Å². The number of benzene rings is 3. The Labute approximate surface area is 175 Å². The van der Waals surface area contributed by atoms with E-state index in [2.05, 4.69) is 5.32 Å². The number of ether oxygens (including phenoxy) is 1. The van der Waals surface area contributed by atoms with E-state index in [9.17, 15) is 14.4 Å². The molecule has 0 saturated heterocycles. The molecule has 0 aliphatic heterocycles. The van der Waals surface area contributed by atoms with Gasteiger partial charge in [-0.1, -0.05) is 36.4 Å². The van der Waals surface area contributed by atoms with Crippen molar-refractivity contribution in [2.45, 2.75) is 20.5 Å². The number of nitrogens with zero attached hydrogens (tertiary/aromatic N) is 1. The summed E-state index contributed by atoms with van der Waals surface area (Å²) in [6.45, 7) is 4.07. The van der Waals surface area contributed by atoms with Gasteiger partial charge in [0, 0.05) is 11.3 Å². The molecular formula is C25H21FN2O2. The third-order valence-corrected chi connectivity index (χ3v) is 4.67. The first-order chi connectivity index (χ1) is 14.5. The Morgan fingerprint density at radius 3 is 2.47 bits per heavy atom. The highest BCUT2D eigenvalue weighted by Gasteiger charge is 2.10. The van der Waals surface area contributed by atoms with Gasteiger partial charge in [-0.25, -0.2) is 4.39 Å². The van der Waals surface area contributed by atoms with Crippen molar-refractivity contribution in [3.8, 4) is 11.8 Å². The highest BCUT2D eigenvalue weighted by atomic mass is 19.1. The number of nitrogens with one attached hydrogen (secondary N) is 1. The lowest BCUT2D eigenvalue weighted by molar-refractivity contribution is -0.112. The first kappa shape index (κ1) is 20.8. The van der Waals surface area contributed by atoms with Gasteiger partial charge >= 0.3 is 0 Å². The van der Waals surface area contributed by atoms with E-state index in [1.807, 2.05) is 32.0 Å². The molecule has 0 fully saturated rings. The minimum atomic E-state index is -0.472. The van der Waals surface area contributed by atoms with Crippen molar-refractivity contribution in [1.82, 2.24) is 0 Å². The highest BCUT2D eigenvalue weighted by Crippen LogP contribution is 2.19. The Balaban J connectivity index is 1.66. The zero-order valence-corrected chi connectivity index (χ0v) is 16.8. The lowest BCUT2D eigenvalue weighted by Gasteiger charge is -2.08. The van der Waals surface area contributed by atoms with Gasteiger partial charge in [-0.3, -0.25) is 4.79 Å². The third-order valence-electron chi connectivity index (χ3n) is 4.67. The highest BCUT2D eigenvalue weighted by molar-refractivity contribution is 6.09. The van der Waals surface area contributed by atoms with E-state index in [4.69, 9.17) is 4.74 Å². The Bertz CT molecular complexity index is 1130. The number of aryl methyl sites for hydroxylation is 2. The summed E-state index contributed by atoms with van der Waals surface area (Å²) < 4.78 is 19.3. The lowest BCUT2D eigenvalue weighted by atomic mass is 10.1. The molecule has 1 amide bonds. The van der Waals surface area contributed by atoms with Gasteiger partial charge < -0.3 is 10.1 Å². The fourth-order valence-corrected chi connectivity index (χ4v) is 2.77. The molecule has 30 heavy (non-hydrogen) atoms. The second-order valence-corrected chi connectivity index (χ2v) is 6.87. The zero-order valence-electron chi connectivity index (χ0n) is 16.8. The van der Waals surface area contributed by atoms with Crippen LogP contribution in [0, 0.1) is 31.0 Å². The molecule has 0 aliphatic rings. The second kappa shape index (κ2) is 9.53. The standard InChI is InChI=1S/C25H21FN2O2/c1-17-7-10-22(13-18(17)2)28-25(29)21(15-27)14-19-8-11-23(12-9-19)30-16-20-5-3-4-6-24(20)26/h3-14H,16H2,1-2H3,(H,28,29)/b21-14+. The van der Waals surface area contributed by atoms with Crippen molar-refractivity contribution in [1.29, 1.82) is 5.26 Å². The molecule has 0 heterocycles. The maximum Gasteiger partial charge on any atom is 0.266 e. The van der Waals surface area contributed by atoms with Crippen LogP contribution in [0.4, 0.5) is 10.1 Å². The van der Waals surface area contributed by atoms with E-state index in [-0.39, 0.29) is 18.0 Å². The number of amides is 1. The fourth-order valence-electron chi connectivity index (χ4n) is 2.77. The van der Waals surface area contributed by atoms with Crippen LogP contribution in [-0.2, 0) is 11.4 Å². The smallest absolute Gasteiger partial charge is 0.266 e. The van der Waals surface area contributed by atoms with Gasteiger partial charge in [0.15, 0.2) is 0 Å². The molecule has 3 aromatic carbocycles. The summed E-state index contributed by atoms with van der Waals surface area (Å²) in [6, 6.07) is 20.8. The number of halogens is 1. The molecule has 0 spiro atoms. The zero-order chi connectivity index (χ0) is 21.5. The molecule has 4 nitrogen and oxygen atoms in total. The number of carbonyl (C=O) groups excluding carboxylic acids is 1. The van der Waals surface area contributed by atoms with Crippen molar-refractivity contribution in [3.05, 3.63) is 100 Å². The van der Waals surface area contributed by atoms with E-state index in [0.717, 1.165) is 11.1 Å². The van der Waals surface area contributed by atoms with Crippen LogP contribution >= 0.6 is 0 Å². The molecule has 0 aromatic heterocycles. The number of hydrogen-bond acceptors (Lipinski definition) is 3. The van der Waals surface area contributed by atoms with E-state index in [1.54, 1.807) is 48.5 Å². The van der Waals surface area contributed by atoms with Crippen LogP contribution in [0.25, 0.3) is 6.08 Å². The average molecular weight is 400 g/mol. The first-order valence-electron chi connectivity index (χ1n) is 9.43. The van der Waals surface area contributed by atoms with Crippen LogP contribution in [0.2, 0.25) is 0 Å². The molecule has 5 heteroatoms. The SMILES string of the molecule is Cc1ccc(NC(=O)/C(C#N)=C/c2ccc(OCc3ccccc3F)cc2)cc1C. The predicted octanol–water partition coefficient (Wildman–Crippen LogP) is 5.57. The summed E-state index contributed by atoms with van der Waals surface area (Å²) in [4.78, 5) is 12.4. The van der Waals surface area contributed by atoms with Crippen LogP contribution in [-0.4, -0.2) is 5.91 Å². The monoisotopic (exact) mass is 400 g/mol. The van der Waals surface area contributed by atoms with Gasteiger partial charge in [-0.2, -0.15) is 5.26 Å². The van der Waals surface area contributed by atoms with Gasteiger partial charge in [0.2, 0.25) is 0 Å². The summed E-state index contributed by atoms with van der Waals surface area (Å²) in [5.41, 5.74) is 3.97. The van der Waals surface area contributed by atoms with Crippen molar-refractivity contribution in [2.75, 3.05) is 5.32 Å². The molecule has 0 bridgehead atoms. The summed E-state index contributed by atoms with van der Waals surface area (Å²) in [5, 5.41) is 12.1. The quantitative estimate of drug-likeness (QED) is 0.435. The Kier molecular flexibility index (Phi) is 6.61. The minimum Gasteiger partial charge on any atom is -0.489 e. The van der Waals surface area contributed by atoms with Crippen LogP contribution in [0.1, 0.15) is 22.3 Å². The number of hydrogen-bond donors (Lipinski definition) is 1. The van der Waals surface area contributed by atoms with Crippen molar-refractivity contribution >= 4 is 17.7 Å². The normalized spacial score (nSPS) is 10.9. The summed E-state index contributed by atoms with van der Waals surface area (Å²) >= 11 is 0. The van der Waals surface area contributed by atoms with Crippen molar-refractivity contribution < 1.29 is 13.9 Å². The number of nitriles is 1. The Hall–Kier alpha value is -3.91. The fraction of sp³-hybridized carbons (Fsp3) is 0.120. The van der Waals surface area contributed by atoms with Gasteiger partial charge in [-0.15, -0.1) is 0 Å². The van der Waals surface area contributed by atoms with Crippen LogP contribution in [0.15, 0.2) is 72.3 Å². The molecule has 3 aromatic rings. The number of carbonyl (C=O) groups is 1. The largest absolute Gasteiger partial charge is 0.489 e. The lowest BCUT2D eigenvalue weighted by Crippen LogP contribution is -2.13. The van der Waals surface area contributed by atoms with Gasteiger partial charge in [0.05, 0.1) is 0 Å². The first-order valence-corrected chi connectivity index (χ1v) is 9.43. The van der Waals surface area contributed by atoms with Gasteiger partial charge in [0.25, 0.3) is 5.91 Å². The van der Waals surface area contributed by atoms with Gasteiger partial charge in [0.1, 0.15) is 29.8 Å². The third kappa shape index (κ3) is 5.33. The Morgan fingerprint density at radius 2 is 1.80 bits per heavy atom. The van der Waals surface area contributed by atoms with Gasteiger partial charge in [-0.05, 0) is 66.9 Å². The van der Waals surface area contributed by atoms with E-state index >= 15 is 0 Å². The summed E-state index contributed by atoms with van der Waals surface area (Å²) in [7, 11) is 0. The van der Waals surface area contributed by atoms with E-state index in [0.29, 0.717) is 22.6 Å². The number of anilines is 1. The maximum absolute atomic E-state index is 13.7. The Morgan fingerprint density at radius 1 is 1.07 bits per heavy atom. The summed E-state index contributed by atoms with van der Waals surface area (Å²) in [5.74, 6) is -0.223. The molecule has 1 N–H and O–H groups in total. The van der Waals surface area contributed by atoms with E-state index in [1.165, 1.54) is 12.1 Å². The molecule has 0 atom stereocenters. The predicted molar refractivity (Wildman–Crippen MR) is 115 cm³/mol. The van der Waals surface area contributed by atoms with Crippen LogP contribution < -0.4 is 10.1 Å². The molecular weight excluding hydrogens is 379 g/mol. The molecule has 0 unspecified atom stereocenters. The second-order valence-electron chi connectivity index (χ2n) is 6.87. The molecule has 0 saturated carbocycles. The summed E-state index contributed by atoms with van der Waals surface area (Å²) in [6.07, 6.45) is 1.51. The van der Waals surface area contributed by atoms with Crippen LogP contribution in [0.3, 0.4) is 0 Å². The number of rotatable bonds is 6.